The van der Waals surface area contributed by atoms with Crippen molar-refractivity contribution < 1.29 is 4.79 Å². The van der Waals surface area contributed by atoms with Gasteiger partial charge in [0.15, 0.2) is 6.29 Å². The van der Waals surface area contributed by atoms with Crippen LogP contribution in [0.25, 0.3) is 0 Å². The van der Waals surface area contributed by atoms with Crippen molar-refractivity contribution in [3.05, 3.63) is 11.8 Å². The minimum Gasteiger partial charge on any atom is -0.367 e. The molecule has 1 saturated heterocycles. The summed E-state index contributed by atoms with van der Waals surface area (Å²) in [5.74, 6) is 0.620. The van der Waals surface area contributed by atoms with Crippen molar-refractivity contribution in [3.63, 3.8) is 0 Å². The second-order valence-electron chi connectivity index (χ2n) is 3.45. The number of hydrogen-bond acceptors (Lipinski definition) is 3. The van der Waals surface area contributed by atoms with E-state index in [4.69, 9.17) is 0 Å². The molecule has 1 fully saturated rings. The van der Waals surface area contributed by atoms with E-state index in [1.165, 1.54) is 18.5 Å². The van der Waals surface area contributed by atoms with Gasteiger partial charge in [0.05, 0.1) is 0 Å². The predicted octanol–water partition coefficient (Wildman–Crippen LogP) is 0.388. The van der Waals surface area contributed by atoms with Crippen molar-refractivity contribution in [2.75, 3.05) is 6.54 Å². The zero-order valence-electron chi connectivity index (χ0n) is 7.05. The summed E-state index contributed by atoms with van der Waals surface area (Å²) in [6.07, 6.45) is 6.67. The molecule has 3 heteroatoms. The van der Waals surface area contributed by atoms with Crippen LogP contribution >= 0.6 is 0 Å². The number of carbonyl (C=O) groups is 1. The molecule has 66 valence electrons. The minimum absolute atomic E-state index is 0.161. The van der Waals surface area contributed by atoms with Crippen LogP contribution in [0.2, 0.25) is 0 Å². The van der Waals surface area contributed by atoms with Crippen LogP contribution in [-0.2, 0) is 4.79 Å². The smallest absolute Gasteiger partial charge is 0.156 e. The van der Waals surface area contributed by atoms with Crippen LogP contribution in [0, 0.1) is 5.92 Å². The molecule has 0 aromatic rings. The lowest BCUT2D eigenvalue weighted by molar-refractivity contribution is -0.110. The van der Waals surface area contributed by atoms with Gasteiger partial charge in [0.25, 0.3) is 0 Å². The largest absolute Gasteiger partial charge is 0.367 e. The summed E-state index contributed by atoms with van der Waals surface area (Å²) in [6, 6.07) is 0. The normalized spacial score (nSPS) is 34.5. The molecule has 1 heterocycles. The Kier molecular flexibility index (Phi) is 2.13. The van der Waals surface area contributed by atoms with Crippen LogP contribution in [-0.4, -0.2) is 19.0 Å². The maximum atomic E-state index is 10.5. The van der Waals surface area contributed by atoms with Gasteiger partial charge in [-0.25, -0.2) is 0 Å². The van der Waals surface area contributed by atoms with E-state index < -0.39 is 0 Å². The van der Waals surface area contributed by atoms with Gasteiger partial charge >= 0.3 is 0 Å². The second kappa shape index (κ2) is 3.27. The first-order chi connectivity index (χ1) is 5.90. The summed E-state index contributed by atoms with van der Waals surface area (Å²) in [7, 11) is 0. The molecular formula is C9H14N2O. The van der Waals surface area contributed by atoms with Gasteiger partial charge in [-0.3, -0.25) is 10.1 Å². The zero-order chi connectivity index (χ0) is 8.39. The molecule has 2 atom stereocenters. The van der Waals surface area contributed by atoms with Gasteiger partial charge in [0.2, 0.25) is 0 Å². The van der Waals surface area contributed by atoms with E-state index in [1.807, 2.05) is 0 Å². The zero-order valence-corrected chi connectivity index (χ0v) is 7.05. The first-order valence-corrected chi connectivity index (χ1v) is 4.55. The molecule has 2 N–H and O–H groups in total. The number of fused-ring (bicyclic) bond motifs is 1. The number of allylic oxidation sites excluding steroid dienone is 1. The van der Waals surface area contributed by atoms with Crippen molar-refractivity contribution in [1.82, 2.24) is 10.6 Å². The Balaban J connectivity index is 2.06. The molecule has 1 aliphatic heterocycles. The lowest BCUT2D eigenvalue weighted by Crippen LogP contribution is -2.52. The fourth-order valence-electron chi connectivity index (χ4n) is 1.91. The number of nitrogens with one attached hydrogen (secondary N) is 2. The molecule has 0 aromatic carbocycles. The van der Waals surface area contributed by atoms with Crippen molar-refractivity contribution in [1.29, 1.82) is 0 Å². The summed E-state index contributed by atoms with van der Waals surface area (Å²) >= 11 is 0. The Morgan fingerprint density at radius 3 is 3.33 bits per heavy atom. The average molecular weight is 166 g/mol. The molecule has 0 amide bonds. The summed E-state index contributed by atoms with van der Waals surface area (Å²) in [5, 5.41) is 6.33. The molecule has 12 heavy (non-hydrogen) atoms. The summed E-state index contributed by atoms with van der Waals surface area (Å²) < 4.78 is 0. The summed E-state index contributed by atoms with van der Waals surface area (Å²) in [4.78, 5) is 10.5. The van der Waals surface area contributed by atoms with Gasteiger partial charge < -0.3 is 5.32 Å². The lowest BCUT2D eigenvalue weighted by Gasteiger charge is -2.34. The fraction of sp³-hybridized carbons (Fsp3) is 0.667. The number of hydrogen-bond donors (Lipinski definition) is 2. The van der Waals surface area contributed by atoms with Gasteiger partial charge in [0.1, 0.15) is 6.17 Å². The van der Waals surface area contributed by atoms with Crippen molar-refractivity contribution >= 4 is 6.29 Å². The van der Waals surface area contributed by atoms with E-state index in [0.717, 1.165) is 19.3 Å². The molecule has 0 spiro atoms. The highest BCUT2D eigenvalue weighted by atomic mass is 16.1. The summed E-state index contributed by atoms with van der Waals surface area (Å²) in [5.41, 5.74) is 1.28. The number of carbonyl (C=O) groups excluding carboxylic acids is 1. The number of rotatable bonds is 1. The van der Waals surface area contributed by atoms with Gasteiger partial charge in [-0.1, -0.05) is 6.08 Å². The van der Waals surface area contributed by atoms with E-state index in [9.17, 15) is 4.79 Å². The van der Waals surface area contributed by atoms with Crippen molar-refractivity contribution in [2.45, 2.75) is 25.4 Å². The predicted molar refractivity (Wildman–Crippen MR) is 46.4 cm³/mol. The highest BCUT2D eigenvalue weighted by Crippen LogP contribution is 2.24. The van der Waals surface area contributed by atoms with Crippen LogP contribution < -0.4 is 10.6 Å². The maximum Gasteiger partial charge on any atom is 0.156 e. The maximum absolute atomic E-state index is 10.5. The van der Waals surface area contributed by atoms with Gasteiger partial charge in [-0.05, 0) is 19.3 Å². The molecule has 0 radical (unpaired) electrons. The van der Waals surface area contributed by atoms with E-state index in [0.29, 0.717) is 5.92 Å². The van der Waals surface area contributed by atoms with Crippen LogP contribution in [0.15, 0.2) is 11.8 Å². The quantitative estimate of drug-likeness (QED) is 0.554. The molecular weight excluding hydrogens is 152 g/mol. The Labute approximate surface area is 72.2 Å². The molecule has 2 rings (SSSR count). The van der Waals surface area contributed by atoms with Gasteiger partial charge in [0, 0.05) is 18.2 Å². The van der Waals surface area contributed by atoms with Crippen LogP contribution in [0.3, 0.4) is 0 Å². The third kappa shape index (κ3) is 1.37. The van der Waals surface area contributed by atoms with E-state index in [1.54, 1.807) is 0 Å². The van der Waals surface area contributed by atoms with Crippen LogP contribution in [0.4, 0.5) is 0 Å². The third-order valence-corrected chi connectivity index (χ3v) is 2.60. The third-order valence-electron chi connectivity index (χ3n) is 2.60. The minimum atomic E-state index is -0.161. The second-order valence-corrected chi connectivity index (χ2v) is 3.45. The Morgan fingerprint density at radius 2 is 2.50 bits per heavy atom. The first kappa shape index (κ1) is 7.80. The Hall–Kier alpha value is -0.830. The monoisotopic (exact) mass is 166 g/mol. The lowest BCUT2D eigenvalue weighted by atomic mass is 9.90. The SMILES string of the molecule is O=CC1NCC2CCCC=C2N1. The molecule has 0 saturated carbocycles. The first-order valence-electron chi connectivity index (χ1n) is 4.55. The number of aldehydes is 1. The van der Waals surface area contributed by atoms with Gasteiger partial charge in [-0.15, -0.1) is 0 Å². The van der Waals surface area contributed by atoms with Crippen LogP contribution in [0.1, 0.15) is 19.3 Å². The highest BCUT2D eigenvalue weighted by Gasteiger charge is 2.24. The molecule has 0 aromatic heterocycles. The molecule has 3 nitrogen and oxygen atoms in total. The van der Waals surface area contributed by atoms with E-state index in [2.05, 4.69) is 16.7 Å². The highest BCUT2D eigenvalue weighted by molar-refractivity contribution is 5.58. The Bertz CT molecular complexity index is 213. The summed E-state index contributed by atoms with van der Waals surface area (Å²) in [6.45, 7) is 0.947. The standard InChI is InChI=1S/C9H14N2O/c12-6-9-10-5-7-3-1-2-4-8(7)11-9/h4,6-7,9-11H,1-3,5H2. The van der Waals surface area contributed by atoms with Crippen molar-refractivity contribution in [2.24, 2.45) is 5.92 Å². The van der Waals surface area contributed by atoms with E-state index >= 15 is 0 Å². The fourth-order valence-corrected chi connectivity index (χ4v) is 1.91. The molecule has 2 unspecified atom stereocenters. The van der Waals surface area contributed by atoms with Gasteiger partial charge in [-0.2, -0.15) is 0 Å². The van der Waals surface area contributed by atoms with Crippen molar-refractivity contribution in [3.8, 4) is 0 Å². The molecule has 1 aliphatic carbocycles. The van der Waals surface area contributed by atoms with E-state index in [-0.39, 0.29) is 6.17 Å². The topological polar surface area (TPSA) is 41.1 Å². The Morgan fingerprint density at radius 1 is 1.58 bits per heavy atom. The van der Waals surface area contributed by atoms with Crippen LogP contribution in [0.5, 0.6) is 0 Å². The average Bonchev–Trinajstić information content (AvgIpc) is 2.17. The molecule has 2 aliphatic rings. The molecule has 0 bridgehead atoms.